The van der Waals surface area contributed by atoms with Crippen LogP contribution >= 0.6 is 23.2 Å². The van der Waals surface area contributed by atoms with Gasteiger partial charge in [0, 0.05) is 30.5 Å². The fraction of sp³-hybridized carbons (Fsp3) is 0.263. The van der Waals surface area contributed by atoms with Crippen LogP contribution in [0.3, 0.4) is 0 Å². The van der Waals surface area contributed by atoms with Crippen LogP contribution in [0.1, 0.15) is 21.5 Å². The first-order valence-electron chi connectivity index (χ1n) is 8.15. The SMILES string of the molecule is Cc1cc(N(CCCl)CCCl)ccc1/C=N\Nc1ccccc1C(=O)O. The number of nitrogens with zero attached hydrogens (tertiary/aromatic N) is 2. The number of aromatic carboxylic acids is 1. The molecule has 0 aliphatic heterocycles. The minimum absolute atomic E-state index is 0.175. The maximum atomic E-state index is 11.2. The van der Waals surface area contributed by atoms with Crippen molar-refractivity contribution in [2.45, 2.75) is 6.92 Å². The molecule has 0 saturated heterocycles. The van der Waals surface area contributed by atoms with Crippen LogP contribution in [-0.2, 0) is 0 Å². The summed E-state index contributed by atoms with van der Waals surface area (Å²) >= 11 is 11.7. The Balaban J connectivity index is 2.13. The van der Waals surface area contributed by atoms with Crippen molar-refractivity contribution in [3.8, 4) is 0 Å². The van der Waals surface area contributed by atoms with Crippen LogP contribution in [0.25, 0.3) is 0 Å². The molecule has 0 aliphatic rings. The summed E-state index contributed by atoms with van der Waals surface area (Å²) in [5, 5.41) is 13.3. The molecule has 2 rings (SSSR count). The number of hydrazone groups is 1. The quantitative estimate of drug-likeness (QED) is 0.375. The van der Waals surface area contributed by atoms with Crippen LogP contribution < -0.4 is 10.3 Å². The maximum Gasteiger partial charge on any atom is 0.337 e. The molecule has 0 spiro atoms. The van der Waals surface area contributed by atoms with Crippen LogP contribution in [0.15, 0.2) is 47.6 Å². The summed E-state index contributed by atoms with van der Waals surface area (Å²) < 4.78 is 0. The summed E-state index contributed by atoms with van der Waals surface area (Å²) in [5.41, 5.74) is 6.46. The number of hydrogen-bond acceptors (Lipinski definition) is 4. The lowest BCUT2D eigenvalue weighted by molar-refractivity contribution is 0.0698. The Kier molecular flexibility index (Phi) is 7.75. The summed E-state index contributed by atoms with van der Waals surface area (Å²) in [6.07, 6.45) is 1.67. The second-order valence-corrected chi connectivity index (χ2v) is 6.38. The predicted octanol–water partition coefficient (Wildman–Crippen LogP) is 4.42. The third kappa shape index (κ3) is 5.38. The highest BCUT2D eigenvalue weighted by atomic mass is 35.5. The zero-order valence-corrected chi connectivity index (χ0v) is 16.0. The van der Waals surface area contributed by atoms with Crippen LogP contribution in [0, 0.1) is 6.92 Å². The van der Waals surface area contributed by atoms with Gasteiger partial charge in [0.2, 0.25) is 0 Å². The summed E-state index contributed by atoms with van der Waals surface area (Å²) in [7, 11) is 0. The van der Waals surface area contributed by atoms with Crippen LogP contribution in [-0.4, -0.2) is 42.1 Å². The van der Waals surface area contributed by atoms with Crippen molar-refractivity contribution in [1.82, 2.24) is 0 Å². The molecular weight excluding hydrogens is 373 g/mol. The Hall–Kier alpha value is -2.24. The van der Waals surface area contributed by atoms with Crippen LogP contribution in [0.2, 0.25) is 0 Å². The molecule has 0 fully saturated rings. The van der Waals surface area contributed by atoms with E-state index in [9.17, 15) is 9.90 Å². The molecule has 0 amide bonds. The van der Waals surface area contributed by atoms with Gasteiger partial charge in [0.05, 0.1) is 17.5 Å². The van der Waals surface area contributed by atoms with Gasteiger partial charge in [-0.3, -0.25) is 5.43 Å². The normalized spacial score (nSPS) is 10.9. The highest BCUT2D eigenvalue weighted by molar-refractivity contribution is 6.18. The second-order valence-electron chi connectivity index (χ2n) is 5.63. The fourth-order valence-electron chi connectivity index (χ4n) is 2.51. The molecule has 2 N–H and O–H groups in total. The molecule has 0 aromatic heterocycles. The second kappa shape index (κ2) is 10.0. The molecule has 138 valence electrons. The van der Waals surface area contributed by atoms with E-state index in [1.54, 1.807) is 24.4 Å². The van der Waals surface area contributed by atoms with Crippen LogP contribution in [0.4, 0.5) is 11.4 Å². The number of alkyl halides is 2. The molecule has 0 atom stereocenters. The Morgan fingerprint density at radius 1 is 1.19 bits per heavy atom. The molecule has 0 aliphatic carbocycles. The Bertz CT molecular complexity index is 775. The molecular formula is C19H21Cl2N3O2. The van der Waals surface area contributed by atoms with E-state index >= 15 is 0 Å². The molecule has 0 unspecified atom stereocenters. The van der Waals surface area contributed by atoms with E-state index in [0.29, 0.717) is 17.4 Å². The number of halogens is 2. The van der Waals surface area contributed by atoms with Crippen molar-refractivity contribution in [3.63, 3.8) is 0 Å². The number of aryl methyl sites for hydroxylation is 1. The van der Waals surface area contributed by atoms with Gasteiger partial charge in [0.25, 0.3) is 0 Å². The Labute approximate surface area is 163 Å². The number of hydrogen-bond donors (Lipinski definition) is 2. The minimum Gasteiger partial charge on any atom is -0.478 e. The molecule has 26 heavy (non-hydrogen) atoms. The third-order valence-electron chi connectivity index (χ3n) is 3.87. The molecule has 2 aromatic rings. The largest absolute Gasteiger partial charge is 0.478 e. The van der Waals surface area contributed by atoms with Crippen molar-refractivity contribution in [3.05, 3.63) is 59.2 Å². The summed E-state index contributed by atoms with van der Waals surface area (Å²) in [4.78, 5) is 13.3. The van der Waals surface area contributed by atoms with Crippen molar-refractivity contribution in [2.75, 3.05) is 35.2 Å². The molecule has 0 bridgehead atoms. The first-order valence-corrected chi connectivity index (χ1v) is 9.22. The lowest BCUT2D eigenvalue weighted by Gasteiger charge is -2.23. The minimum atomic E-state index is -0.998. The van der Waals surface area contributed by atoms with E-state index in [4.69, 9.17) is 23.2 Å². The molecule has 2 aromatic carbocycles. The standard InChI is InChI=1S/C19H21Cl2N3O2/c1-14-12-16(24(10-8-20)11-9-21)7-6-15(14)13-22-23-18-5-3-2-4-17(18)19(25)26/h2-7,12-13,23H,8-11H2,1H3,(H,25,26)/b22-13-. The van der Waals surface area contributed by atoms with Gasteiger partial charge in [0.15, 0.2) is 0 Å². The first kappa shape index (κ1) is 20.1. The maximum absolute atomic E-state index is 11.2. The van der Waals surface area contributed by atoms with Gasteiger partial charge in [-0.25, -0.2) is 4.79 Å². The number of rotatable bonds is 9. The van der Waals surface area contributed by atoms with Gasteiger partial charge >= 0.3 is 5.97 Å². The monoisotopic (exact) mass is 393 g/mol. The summed E-state index contributed by atoms with van der Waals surface area (Å²) in [5.74, 6) is 0.0699. The zero-order valence-electron chi connectivity index (χ0n) is 14.5. The molecule has 0 heterocycles. The Morgan fingerprint density at radius 2 is 1.88 bits per heavy atom. The van der Waals surface area contributed by atoms with Gasteiger partial charge < -0.3 is 10.0 Å². The smallest absolute Gasteiger partial charge is 0.337 e. The highest BCUT2D eigenvalue weighted by Gasteiger charge is 2.08. The number of carboxylic acid groups (broad SMARTS) is 1. The number of nitrogens with one attached hydrogen (secondary N) is 1. The number of carbonyl (C=O) groups is 1. The van der Waals surface area contributed by atoms with Crippen molar-refractivity contribution in [1.29, 1.82) is 0 Å². The van der Waals surface area contributed by atoms with Gasteiger partial charge in [-0.15, -0.1) is 23.2 Å². The zero-order chi connectivity index (χ0) is 18.9. The fourth-order valence-corrected chi connectivity index (χ4v) is 2.92. The number of para-hydroxylation sites is 1. The lowest BCUT2D eigenvalue weighted by atomic mass is 10.1. The van der Waals surface area contributed by atoms with Crippen molar-refractivity contribution >= 4 is 46.8 Å². The average Bonchev–Trinajstić information content (AvgIpc) is 2.63. The van der Waals surface area contributed by atoms with Gasteiger partial charge in [-0.2, -0.15) is 5.10 Å². The number of carboxylic acids is 1. The third-order valence-corrected chi connectivity index (χ3v) is 4.21. The van der Waals surface area contributed by atoms with E-state index in [-0.39, 0.29) is 5.56 Å². The van der Waals surface area contributed by atoms with Gasteiger partial charge in [-0.1, -0.05) is 18.2 Å². The van der Waals surface area contributed by atoms with Gasteiger partial charge in [-0.05, 0) is 42.3 Å². The molecule has 0 radical (unpaired) electrons. The lowest BCUT2D eigenvalue weighted by Crippen LogP contribution is -2.27. The predicted molar refractivity (Wildman–Crippen MR) is 109 cm³/mol. The van der Waals surface area contributed by atoms with E-state index in [2.05, 4.69) is 21.5 Å². The van der Waals surface area contributed by atoms with Crippen LogP contribution in [0.5, 0.6) is 0 Å². The van der Waals surface area contributed by atoms with Crippen molar-refractivity contribution < 1.29 is 9.90 Å². The van der Waals surface area contributed by atoms with Gasteiger partial charge in [0.1, 0.15) is 0 Å². The van der Waals surface area contributed by atoms with Crippen molar-refractivity contribution in [2.24, 2.45) is 5.10 Å². The number of benzene rings is 2. The Morgan fingerprint density at radius 3 is 2.50 bits per heavy atom. The summed E-state index contributed by atoms with van der Waals surface area (Å²) in [6.45, 7) is 3.46. The molecule has 5 nitrogen and oxygen atoms in total. The molecule has 7 heteroatoms. The van der Waals surface area contributed by atoms with E-state index in [0.717, 1.165) is 29.9 Å². The van der Waals surface area contributed by atoms with E-state index < -0.39 is 5.97 Å². The average molecular weight is 394 g/mol. The van der Waals surface area contributed by atoms with E-state index in [1.165, 1.54) is 6.07 Å². The highest BCUT2D eigenvalue weighted by Crippen LogP contribution is 2.19. The number of anilines is 2. The first-order chi connectivity index (χ1) is 12.6. The summed E-state index contributed by atoms with van der Waals surface area (Å²) in [6, 6.07) is 12.7. The molecule has 0 saturated carbocycles. The van der Waals surface area contributed by atoms with E-state index in [1.807, 2.05) is 19.1 Å². The topological polar surface area (TPSA) is 64.9 Å².